The van der Waals surface area contributed by atoms with Gasteiger partial charge in [0.2, 0.25) is 5.82 Å². The van der Waals surface area contributed by atoms with E-state index in [1.54, 1.807) is 18.2 Å². The third kappa shape index (κ3) is 2.79. The maximum atomic E-state index is 13.5. The van der Waals surface area contributed by atoms with Gasteiger partial charge >= 0.3 is 0 Å². The number of halogens is 3. The van der Waals surface area contributed by atoms with Crippen LogP contribution in [0.25, 0.3) is 0 Å². The van der Waals surface area contributed by atoms with E-state index in [2.05, 4.69) is 15.9 Å². The molecule has 0 atom stereocenters. The van der Waals surface area contributed by atoms with E-state index in [-0.39, 0.29) is 5.75 Å². The van der Waals surface area contributed by atoms with Crippen LogP contribution in [0.15, 0.2) is 34.8 Å². The van der Waals surface area contributed by atoms with Crippen LogP contribution < -0.4 is 10.5 Å². The Morgan fingerprint density at radius 2 is 1.83 bits per heavy atom. The molecule has 0 amide bonds. The number of hydrogen-bond donors (Lipinski definition) is 1. The number of nitrogens with two attached hydrogens (primary N) is 1. The number of hydrogen-bond acceptors (Lipinski definition) is 2. The highest BCUT2D eigenvalue weighted by Gasteiger charge is 2.12. The monoisotopic (exact) mass is 313 g/mol. The van der Waals surface area contributed by atoms with Gasteiger partial charge in [0.15, 0.2) is 11.6 Å². The first-order valence-electron chi connectivity index (χ1n) is 5.15. The fraction of sp³-hybridized carbons (Fsp3) is 0.0769. The summed E-state index contributed by atoms with van der Waals surface area (Å²) in [6.45, 7) is 1.83. The zero-order chi connectivity index (χ0) is 13.3. The second-order valence-corrected chi connectivity index (χ2v) is 4.80. The molecule has 0 spiro atoms. The van der Waals surface area contributed by atoms with Crippen molar-refractivity contribution in [3.8, 4) is 11.5 Å². The van der Waals surface area contributed by atoms with Crippen molar-refractivity contribution in [2.75, 3.05) is 5.73 Å². The summed E-state index contributed by atoms with van der Waals surface area (Å²) in [5.41, 5.74) is 7.03. The molecule has 2 nitrogen and oxygen atoms in total. The van der Waals surface area contributed by atoms with E-state index in [1.165, 1.54) is 6.07 Å². The lowest BCUT2D eigenvalue weighted by molar-refractivity contribution is 0.415. The molecule has 5 heteroatoms. The molecule has 0 saturated heterocycles. The summed E-state index contributed by atoms with van der Waals surface area (Å²) >= 11 is 3.08. The lowest BCUT2D eigenvalue weighted by atomic mass is 10.2. The van der Waals surface area contributed by atoms with Gasteiger partial charge in [-0.05, 0) is 36.8 Å². The SMILES string of the molecule is Cc1cc(N)cc(Oc2cc(Br)cc(F)c2F)c1. The molecule has 18 heavy (non-hydrogen) atoms. The van der Waals surface area contributed by atoms with Crippen LogP contribution in [0, 0.1) is 18.6 Å². The van der Waals surface area contributed by atoms with E-state index in [0.717, 1.165) is 11.6 Å². The number of ether oxygens (including phenoxy) is 1. The highest BCUT2D eigenvalue weighted by atomic mass is 79.9. The summed E-state index contributed by atoms with van der Waals surface area (Å²) in [4.78, 5) is 0. The summed E-state index contributed by atoms with van der Waals surface area (Å²) in [6.07, 6.45) is 0. The fourth-order valence-electron chi connectivity index (χ4n) is 1.57. The molecule has 0 bridgehead atoms. The van der Waals surface area contributed by atoms with Crippen LogP contribution in [-0.4, -0.2) is 0 Å². The quantitative estimate of drug-likeness (QED) is 0.658. The summed E-state index contributed by atoms with van der Waals surface area (Å²) in [6, 6.07) is 7.38. The fourth-order valence-corrected chi connectivity index (χ4v) is 1.98. The predicted molar refractivity (Wildman–Crippen MR) is 69.7 cm³/mol. The van der Waals surface area contributed by atoms with Crippen molar-refractivity contribution in [2.45, 2.75) is 6.92 Å². The van der Waals surface area contributed by atoms with Gasteiger partial charge < -0.3 is 10.5 Å². The van der Waals surface area contributed by atoms with Crippen LogP contribution in [0.1, 0.15) is 5.56 Å². The number of nitrogen functional groups attached to an aromatic ring is 1. The second-order valence-electron chi connectivity index (χ2n) is 3.88. The van der Waals surface area contributed by atoms with Crippen LogP contribution in [0.5, 0.6) is 11.5 Å². The largest absolute Gasteiger partial charge is 0.454 e. The van der Waals surface area contributed by atoms with Crippen molar-refractivity contribution >= 4 is 21.6 Å². The molecule has 0 unspecified atom stereocenters. The highest BCUT2D eigenvalue weighted by molar-refractivity contribution is 9.10. The Kier molecular flexibility index (Phi) is 3.52. The van der Waals surface area contributed by atoms with Crippen molar-refractivity contribution in [1.82, 2.24) is 0 Å². The van der Waals surface area contributed by atoms with E-state index in [0.29, 0.717) is 15.9 Å². The van der Waals surface area contributed by atoms with Gasteiger partial charge in [0, 0.05) is 16.2 Å². The molecule has 0 saturated carbocycles. The molecule has 0 aliphatic heterocycles. The second kappa shape index (κ2) is 4.94. The van der Waals surface area contributed by atoms with Crippen molar-refractivity contribution in [3.63, 3.8) is 0 Å². The normalized spacial score (nSPS) is 10.4. The molecule has 2 aromatic rings. The smallest absolute Gasteiger partial charge is 0.201 e. The third-order valence-electron chi connectivity index (χ3n) is 2.26. The molecule has 2 rings (SSSR count). The molecule has 0 aliphatic carbocycles. The minimum Gasteiger partial charge on any atom is -0.454 e. The Labute approximate surface area is 112 Å². The van der Waals surface area contributed by atoms with Crippen LogP contribution in [0.4, 0.5) is 14.5 Å². The van der Waals surface area contributed by atoms with Crippen LogP contribution in [-0.2, 0) is 0 Å². The van der Waals surface area contributed by atoms with Crippen molar-refractivity contribution in [1.29, 1.82) is 0 Å². The van der Waals surface area contributed by atoms with E-state index in [1.807, 2.05) is 6.92 Å². The molecular weight excluding hydrogens is 304 g/mol. The minimum atomic E-state index is -1.03. The summed E-state index contributed by atoms with van der Waals surface area (Å²) in [5, 5.41) is 0. The Morgan fingerprint density at radius 1 is 1.11 bits per heavy atom. The zero-order valence-electron chi connectivity index (χ0n) is 9.51. The first kappa shape index (κ1) is 12.8. The molecule has 94 valence electrons. The lowest BCUT2D eigenvalue weighted by Crippen LogP contribution is -1.94. The van der Waals surface area contributed by atoms with Crippen molar-refractivity contribution in [3.05, 3.63) is 52.0 Å². The molecule has 0 fully saturated rings. The van der Waals surface area contributed by atoms with Gasteiger partial charge in [-0.25, -0.2) is 4.39 Å². The minimum absolute atomic E-state index is 0.188. The molecule has 0 heterocycles. The predicted octanol–water partition coefficient (Wildman–Crippen LogP) is 4.41. The number of anilines is 1. The molecule has 2 N–H and O–H groups in total. The van der Waals surface area contributed by atoms with E-state index in [9.17, 15) is 8.78 Å². The van der Waals surface area contributed by atoms with Gasteiger partial charge in [-0.15, -0.1) is 0 Å². The summed E-state index contributed by atoms with van der Waals surface area (Å²) < 4.78 is 32.4. The van der Waals surface area contributed by atoms with Crippen LogP contribution in [0.2, 0.25) is 0 Å². The lowest BCUT2D eigenvalue weighted by Gasteiger charge is -2.09. The maximum Gasteiger partial charge on any atom is 0.201 e. The highest BCUT2D eigenvalue weighted by Crippen LogP contribution is 2.30. The molecule has 2 aromatic carbocycles. The van der Waals surface area contributed by atoms with Crippen LogP contribution in [0.3, 0.4) is 0 Å². The van der Waals surface area contributed by atoms with E-state index < -0.39 is 11.6 Å². The standard InChI is InChI=1S/C13H10BrF2NO/c1-7-2-9(17)6-10(3-7)18-12-5-8(14)4-11(15)13(12)16/h2-6H,17H2,1H3. The Bertz CT molecular complexity index is 582. The number of rotatable bonds is 2. The van der Waals surface area contributed by atoms with Gasteiger partial charge in [0.25, 0.3) is 0 Å². The third-order valence-corrected chi connectivity index (χ3v) is 2.72. The summed E-state index contributed by atoms with van der Waals surface area (Å²) in [5.74, 6) is -1.82. The van der Waals surface area contributed by atoms with Gasteiger partial charge in [0.1, 0.15) is 5.75 Å². The maximum absolute atomic E-state index is 13.5. The van der Waals surface area contributed by atoms with Crippen molar-refractivity contribution in [2.24, 2.45) is 0 Å². The van der Waals surface area contributed by atoms with Crippen LogP contribution >= 0.6 is 15.9 Å². The topological polar surface area (TPSA) is 35.2 Å². The van der Waals surface area contributed by atoms with E-state index in [4.69, 9.17) is 10.5 Å². The van der Waals surface area contributed by atoms with Gasteiger partial charge in [-0.1, -0.05) is 15.9 Å². The zero-order valence-corrected chi connectivity index (χ0v) is 11.1. The first-order valence-corrected chi connectivity index (χ1v) is 5.94. The molecule has 0 aromatic heterocycles. The van der Waals surface area contributed by atoms with E-state index >= 15 is 0 Å². The first-order chi connectivity index (χ1) is 8.45. The molecule has 0 aliphatic rings. The number of aryl methyl sites for hydroxylation is 1. The van der Waals surface area contributed by atoms with Gasteiger partial charge in [-0.2, -0.15) is 4.39 Å². The van der Waals surface area contributed by atoms with Gasteiger partial charge in [-0.3, -0.25) is 0 Å². The molecular formula is C13H10BrF2NO. The average Bonchev–Trinajstić information content (AvgIpc) is 2.23. The Balaban J connectivity index is 2.39. The average molecular weight is 314 g/mol. The summed E-state index contributed by atoms with van der Waals surface area (Å²) in [7, 11) is 0. The Morgan fingerprint density at radius 3 is 2.50 bits per heavy atom. The van der Waals surface area contributed by atoms with Gasteiger partial charge in [0.05, 0.1) is 0 Å². The van der Waals surface area contributed by atoms with Crippen molar-refractivity contribution < 1.29 is 13.5 Å². The molecule has 0 radical (unpaired) electrons. The Hall–Kier alpha value is -1.62. The number of benzene rings is 2.